The van der Waals surface area contributed by atoms with Crippen LogP contribution < -0.4 is 5.73 Å². The zero-order valence-electron chi connectivity index (χ0n) is 16.4. The average Bonchev–Trinajstić information content (AvgIpc) is 3.21. The lowest BCUT2D eigenvalue weighted by Crippen LogP contribution is -2.33. The molecule has 1 aliphatic rings. The van der Waals surface area contributed by atoms with Crippen LogP contribution >= 0.6 is 0 Å². The predicted octanol–water partition coefficient (Wildman–Crippen LogP) is 3.39. The van der Waals surface area contributed by atoms with Crippen molar-refractivity contribution in [2.24, 2.45) is 5.73 Å². The number of carbonyl (C=O) groups excluding carboxylic acids is 1. The first-order chi connectivity index (χ1) is 14.5. The second kappa shape index (κ2) is 7.07. The van der Waals surface area contributed by atoms with E-state index in [4.69, 9.17) is 5.73 Å². The predicted molar refractivity (Wildman–Crippen MR) is 114 cm³/mol. The van der Waals surface area contributed by atoms with Gasteiger partial charge in [-0.05, 0) is 59.2 Å². The highest BCUT2D eigenvalue weighted by molar-refractivity contribution is 5.86. The van der Waals surface area contributed by atoms with E-state index in [2.05, 4.69) is 10.1 Å². The highest BCUT2D eigenvalue weighted by atomic mass is 16.3. The maximum absolute atomic E-state index is 12.3. The lowest BCUT2D eigenvalue weighted by atomic mass is 9.74. The standard InChI is InChI=1S/C24H22N4O2/c25-23(29)22(18-6-8-20(9-7-18)24(30)11-1-12-24)17-4-2-16(3-5-17)19-10-13-28-21(14-19)26-15-27-28/h2-10,13-15,22,30H,1,11-12H2,(H2,25,29). The monoisotopic (exact) mass is 398 g/mol. The molecule has 1 amide bonds. The normalized spacial score (nSPS) is 16.2. The molecule has 0 bridgehead atoms. The van der Waals surface area contributed by atoms with Crippen LogP contribution in [0, 0.1) is 0 Å². The molecule has 5 rings (SSSR count). The van der Waals surface area contributed by atoms with E-state index >= 15 is 0 Å². The Labute approximate surface area is 174 Å². The summed E-state index contributed by atoms with van der Waals surface area (Å²) in [6, 6.07) is 19.4. The van der Waals surface area contributed by atoms with E-state index < -0.39 is 17.4 Å². The lowest BCUT2D eigenvalue weighted by Gasteiger charge is -2.37. The smallest absolute Gasteiger partial charge is 0.229 e. The second-order valence-electron chi connectivity index (χ2n) is 7.94. The van der Waals surface area contributed by atoms with Crippen LogP contribution in [0.1, 0.15) is 41.9 Å². The van der Waals surface area contributed by atoms with Crippen LogP contribution in [0.15, 0.2) is 73.2 Å². The number of hydrogen-bond donors (Lipinski definition) is 2. The summed E-state index contributed by atoms with van der Waals surface area (Å²) < 4.78 is 1.71. The average molecular weight is 398 g/mol. The van der Waals surface area contributed by atoms with Gasteiger partial charge in [0.2, 0.25) is 5.91 Å². The van der Waals surface area contributed by atoms with Gasteiger partial charge in [0.05, 0.1) is 11.5 Å². The van der Waals surface area contributed by atoms with Gasteiger partial charge in [0.15, 0.2) is 5.65 Å². The molecule has 0 radical (unpaired) electrons. The van der Waals surface area contributed by atoms with Crippen molar-refractivity contribution in [3.63, 3.8) is 0 Å². The Hall–Kier alpha value is -3.51. The van der Waals surface area contributed by atoms with Gasteiger partial charge in [0.1, 0.15) is 6.33 Å². The number of fused-ring (bicyclic) bond motifs is 1. The summed E-state index contributed by atoms with van der Waals surface area (Å²) in [6.07, 6.45) is 6.00. The fourth-order valence-electron chi connectivity index (χ4n) is 4.17. The first-order valence-electron chi connectivity index (χ1n) is 10.1. The summed E-state index contributed by atoms with van der Waals surface area (Å²) in [5, 5.41) is 14.6. The maximum Gasteiger partial charge on any atom is 0.229 e. The van der Waals surface area contributed by atoms with E-state index in [1.165, 1.54) is 6.33 Å². The SMILES string of the molecule is NC(=O)C(c1ccc(-c2ccn3ncnc3c2)cc1)c1ccc(C2(O)CCC2)cc1. The molecule has 2 aromatic heterocycles. The molecule has 6 heteroatoms. The molecular formula is C24H22N4O2. The number of nitrogens with zero attached hydrogens (tertiary/aromatic N) is 3. The van der Waals surface area contributed by atoms with Crippen molar-refractivity contribution in [1.82, 2.24) is 14.6 Å². The third-order valence-corrected chi connectivity index (χ3v) is 6.10. The highest BCUT2D eigenvalue weighted by Crippen LogP contribution is 2.41. The molecule has 3 N–H and O–H groups in total. The first-order valence-corrected chi connectivity index (χ1v) is 10.1. The van der Waals surface area contributed by atoms with Crippen LogP contribution in [0.3, 0.4) is 0 Å². The summed E-state index contributed by atoms with van der Waals surface area (Å²) >= 11 is 0. The van der Waals surface area contributed by atoms with Gasteiger partial charge in [-0.25, -0.2) is 9.50 Å². The van der Waals surface area contributed by atoms with Crippen molar-refractivity contribution in [1.29, 1.82) is 0 Å². The summed E-state index contributed by atoms with van der Waals surface area (Å²) in [7, 11) is 0. The molecule has 30 heavy (non-hydrogen) atoms. The second-order valence-corrected chi connectivity index (χ2v) is 7.94. The lowest BCUT2D eigenvalue weighted by molar-refractivity contribution is -0.118. The minimum absolute atomic E-state index is 0.400. The van der Waals surface area contributed by atoms with Gasteiger partial charge in [0.25, 0.3) is 0 Å². The quantitative estimate of drug-likeness (QED) is 0.539. The van der Waals surface area contributed by atoms with E-state index in [-0.39, 0.29) is 0 Å². The van der Waals surface area contributed by atoms with Crippen molar-refractivity contribution in [2.75, 3.05) is 0 Å². The molecule has 1 fully saturated rings. The van der Waals surface area contributed by atoms with E-state index in [0.29, 0.717) is 0 Å². The number of hydrogen-bond acceptors (Lipinski definition) is 4. The molecule has 1 aliphatic carbocycles. The highest BCUT2D eigenvalue weighted by Gasteiger charge is 2.36. The Kier molecular flexibility index (Phi) is 4.37. The number of rotatable bonds is 5. The van der Waals surface area contributed by atoms with E-state index in [1.54, 1.807) is 4.52 Å². The van der Waals surface area contributed by atoms with Gasteiger partial charge in [0, 0.05) is 6.20 Å². The molecular weight excluding hydrogens is 376 g/mol. The van der Waals surface area contributed by atoms with E-state index in [9.17, 15) is 9.90 Å². The Bertz CT molecular complexity index is 1210. The number of primary amides is 1. The topological polar surface area (TPSA) is 93.5 Å². The number of amides is 1. The molecule has 1 unspecified atom stereocenters. The van der Waals surface area contributed by atoms with Gasteiger partial charge in [-0.3, -0.25) is 4.79 Å². The molecule has 1 saturated carbocycles. The van der Waals surface area contributed by atoms with Gasteiger partial charge in [-0.15, -0.1) is 0 Å². The first kappa shape index (κ1) is 18.5. The Morgan fingerprint density at radius 3 is 2.27 bits per heavy atom. The van der Waals surface area contributed by atoms with Crippen molar-refractivity contribution in [3.8, 4) is 11.1 Å². The third kappa shape index (κ3) is 3.15. The minimum Gasteiger partial charge on any atom is -0.385 e. The number of nitrogens with two attached hydrogens (primary N) is 1. The largest absolute Gasteiger partial charge is 0.385 e. The molecule has 150 valence electrons. The summed E-state index contributed by atoms with van der Waals surface area (Å²) in [6.45, 7) is 0. The van der Waals surface area contributed by atoms with Gasteiger partial charge >= 0.3 is 0 Å². The van der Waals surface area contributed by atoms with E-state index in [1.807, 2.05) is 66.9 Å². The van der Waals surface area contributed by atoms with Crippen LogP contribution in [0.4, 0.5) is 0 Å². The summed E-state index contributed by atoms with van der Waals surface area (Å²) in [5.41, 5.74) is 10.4. The number of pyridine rings is 1. The number of benzene rings is 2. The van der Waals surface area contributed by atoms with Crippen LogP contribution in [0.2, 0.25) is 0 Å². The maximum atomic E-state index is 12.3. The number of aliphatic hydroxyl groups is 1. The number of carbonyl (C=O) groups is 1. The molecule has 2 aromatic carbocycles. The van der Waals surface area contributed by atoms with Crippen molar-refractivity contribution < 1.29 is 9.90 Å². The van der Waals surface area contributed by atoms with Crippen LogP contribution in [0.25, 0.3) is 16.8 Å². The Morgan fingerprint density at radius 2 is 1.67 bits per heavy atom. The van der Waals surface area contributed by atoms with E-state index in [0.717, 1.165) is 52.7 Å². The van der Waals surface area contributed by atoms with Crippen LogP contribution in [-0.4, -0.2) is 25.6 Å². The zero-order valence-corrected chi connectivity index (χ0v) is 16.4. The number of aromatic nitrogens is 3. The molecule has 0 spiro atoms. The van der Waals surface area contributed by atoms with Gasteiger partial charge in [-0.2, -0.15) is 5.10 Å². The van der Waals surface area contributed by atoms with Gasteiger partial charge < -0.3 is 10.8 Å². The van der Waals surface area contributed by atoms with Crippen LogP contribution in [-0.2, 0) is 10.4 Å². The summed E-state index contributed by atoms with van der Waals surface area (Å²) in [4.78, 5) is 16.5. The minimum atomic E-state index is -0.714. The summed E-state index contributed by atoms with van der Waals surface area (Å²) in [5.74, 6) is -0.939. The molecule has 4 aromatic rings. The molecule has 6 nitrogen and oxygen atoms in total. The fraction of sp³-hybridized carbons (Fsp3) is 0.208. The Balaban J connectivity index is 1.43. The van der Waals surface area contributed by atoms with Crippen molar-refractivity contribution in [3.05, 3.63) is 89.9 Å². The molecule has 0 aliphatic heterocycles. The molecule has 1 atom stereocenters. The van der Waals surface area contributed by atoms with Crippen LogP contribution in [0.5, 0.6) is 0 Å². The third-order valence-electron chi connectivity index (χ3n) is 6.10. The molecule has 2 heterocycles. The van der Waals surface area contributed by atoms with Crippen molar-refractivity contribution in [2.45, 2.75) is 30.8 Å². The zero-order chi connectivity index (χ0) is 20.7. The van der Waals surface area contributed by atoms with Gasteiger partial charge in [-0.1, -0.05) is 48.5 Å². The molecule has 0 saturated heterocycles. The van der Waals surface area contributed by atoms with Crippen molar-refractivity contribution >= 4 is 11.6 Å². The Morgan fingerprint density at radius 1 is 1.00 bits per heavy atom. The fourth-order valence-corrected chi connectivity index (χ4v) is 4.17.